The molecular weight excluding hydrogens is 386 g/mol. The van der Waals surface area contributed by atoms with E-state index in [1.54, 1.807) is 52.1 Å². The Bertz CT molecular complexity index is 865. The number of benzene rings is 2. The standard InChI is InChI=1S/C22H27N3O5/c1-22(2,3)30-25(16-26)14-20(27)23-18-12-8-9-13-19(18)29-15-21(28)24(4)17-10-6-5-7-11-17/h5-13,16H,14-15H2,1-4H3,(H,23,27). The largest absolute Gasteiger partial charge is 0.482 e. The first-order valence-corrected chi connectivity index (χ1v) is 9.44. The molecule has 0 aromatic heterocycles. The number of rotatable bonds is 9. The molecule has 1 N–H and O–H groups in total. The van der Waals surface area contributed by atoms with Crippen LogP contribution in [0.15, 0.2) is 54.6 Å². The molecule has 0 aliphatic heterocycles. The van der Waals surface area contributed by atoms with Gasteiger partial charge in [-0.1, -0.05) is 30.3 Å². The number of carbonyl (C=O) groups is 3. The van der Waals surface area contributed by atoms with Gasteiger partial charge in [0.15, 0.2) is 6.61 Å². The average Bonchev–Trinajstić information content (AvgIpc) is 2.71. The molecule has 0 spiro atoms. The van der Waals surface area contributed by atoms with Gasteiger partial charge in [0.05, 0.1) is 11.3 Å². The third-order valence-corrected chi connectivity index (χ3v) is 3.84. The molecule has 8 nitrogen and oxygen atoms in total. The maximum atomic E-state index is 12.4. The lowest BCUT2D eigenvalue weighted by molar-refractivity contribution is -0.214. The highest BCUT2D eigenvalue weighted by Gasteiger charge is 2.19. The van der Waals surface area contributed by atoms with Crippen LogP contribution >= 0.6 is 0 Å². The summed E-state index contributed by atoms with van der Waals surface area (Å²) in [7, 11) is 1.66. The Morgan fingerprint density at radius 2 is 1.67 bits per heavy atom. The number of ether oxygens (including phenoxy) is 1. The Balaban J connectivity index is 1.97. The number of hydrogen-bond acceptors (Lipinski definition) is 5. The second-order valence-electron chi connectivity index (χ2n) is 7.51. The smallest absolute Gasteiger partial charge is 0.264 e. The molecule has 0 aliphatic carbocycles. The molecule has 0 atom stereocenters. The molecule has 8 heteroatoms. The van der Waals surface area contributed by atoms with Crippen LogP contribution in [0.3, 0.4) is 0 Å². The molecule has 0 unspecified atom stereocenters. The minimum Gasteiger partial charge on any atom is -0.482 e. The molecule has 0 saturated heterocycles. The quantitative estimate of drug-likeness (QED) is 0.504. The van der Waals surface area contributed by atoms with Crippen LogP contribution < -0.4 is 15.0 Å². The monoisotopic (exact) mass is 413 g/mol. The fourth-order valence-corrected chi connectivity index (χ4v) is 2.50. The van der Waals surface area contributed by atoms with Crippen molar-refractivity contribution in [1.29, 1.82) is 0 Å². The van der Waals surface area contributed by atoms with Crippen molar-refractivity contribution in [2.24, 2.45) is 0 Å². The zero-order valence-electron chi connectivity index (χ0n) is 17.6. The van der Waals surface area contributed by atoms with Crippen LogP contribution in [0, 0.1) is 0 Å². The van der Waals surface area contributed by atoms with Crippen molar-refractivity contribution in [1.82, 2.24) is 5.06 Å². The Labute approximate surface area is 176 Å². The van der Waals surface area contributed by atoms with Crippen LogP contribution in [0.1, 0.15) is 20.8 Å². The van der Waals surface area contributed by atoms with Crippen molar-refractivity contribution in [3.8, 4) is 5.75 Å². The Morgan fingerprint density at radius 1 is 1.03 bits per heavy atom. The van der Waals surface area contributed by atoms with Gasteiger partial charge < -0.3 is 15.0 Å². The lowest BCUT2D eigenvalue weighted by Gasteiger charge is -2.26. The van der Waals surface area contributed by atoms with E-state index in [0.29, 0.717) is 17.8 Å². The van der Waals surface area contributed by atoms with E-state index in [9.17, 15) is 14.4 Å². The molecule has 2 rings (SSSR count). The summed E-state index contributed by atoms with van der Waals surface area (Å²) in [6.45, 7) is 4.83. The highest BCUT2D eigenvalue weighted by atomic mass is 16.7. The molecule has 0 bridgehead atoms. The van der Waals surface area contributed by atoms with Crippen molar-refractivity contribution in [3.63, 3.8) is 0 Å². The van der Waals surface area contributed by atoms with Gasteiger partial charge >= 0.3 is 0 Å². The molecule has 0 aliphatic rings. The Kier molecular flexibility index (Phi) is 7.94. The highest BCUT2D eigenvalue weighted by molar-refractivity contribution is 5.95. The summed E-state index contributed by atoms with van der Waals surface area (Å²) in [4.78, 5) is 42.8. The highest BCUT2D eigenvalue weighted by Crippen LogP contribution is 2.24. The third kappa shape index (κ3) is 7.21. The van der Waals surface area contributed by atoms with Crippen LogP contribution in [0.25, 0.3) is 0 Å². The van der Waals surface area contributed by atoms with Crippen molar-refractivity contribution < 1.29 is 24.0 Å². The number of amides is 3. The van der Waals surface area contributed by atoms with Gasteiger partial charge in [-0.3, -0.25) is 19.2 Å². The van der Waals surface area contributed by atoms with Crippen LogP contribution in [0.2, 0.25) is 0 Å². The Morgan fingerprint density at radius 3 is 2.30 bits per heavy atom. The first kappa shape index (κ1) is 22.9. The van der Waals surface area contributed by atoms with Gasteiger partial charge in [0.1, 0.15) is 12.3 Å². The summed E-state index contributed by atoms with van der Waals surface area (Å²) in [6.07, 6.45) is 0.450. The van der Waals surface area contributed by atoms with E-state index in [2.05, 4.69) is 5.32 Å². The third-order valence-electron chi connectivity index (χ3n) is 3.84. The molecule has 0 radical (unpaired) electrons. The molecule has 2 aromatic carbocycles. The van der Waals surface area contributed by atoms with Crippen LogP contribution in [-0.4, -0.2) is 49.1 Å². The summed E-state index contributed by atoms with van der Waals surface area (Å²) in [6, 6.07) is 16.0. The second kappa shape index (κ2) is 10.4. The van der Waals surface area contributed by atoms with Crippen molar-refractivity contribution in [2.75, 3.05) is 30.4 Å². The van der Waals surface area contributed by atoms with E-state index in [4.69, 9.17) is 9.57 Å². The molecule has 30 heavy (non-hydrogen) atoms. The number of hydroxylamine groups is 2. The number of nitrogens with zero attached hydrogens (tertiary/aromatic N) is 2. The van der Waals surface area contributed by atoms with E-state index in [1.807, 2.05) is 30.3 Å². The maximum Gasteiger partial charge on any atom is 0.264 e. The van der Waals surface area contributed by atoms with E-state index in [1.165, 1.54) is 4.90 Å². The van der Waals surface area contributed by atoms with E-state index in [-0.39, 0.29) is 19.1 Å². The van der Waals surface area contributed by atoms with E-state index < -0.39 is 11.5 Å². The molecule has 0 fully saturated rings. The second-order valence-corrected chi connectivity index (χ2v) is 7.51. The minimum absolute atomic E-state index is 0.203. The topological polar surface area (TPSA) is 88.2 Å². The number of hydrogen-bond donors (Lipinski definition) is 1. The summed E-state index contributed by atoms with van der Waals surface area (Å²) < 4.78 is 5.63. The van der Waals surface area contributed by atoms with E-state index in [0.717, 1.165) is 10.8 Å². The molecule has 0 heterocycles. The zero-order chi connectivity index (χ0) is 22.1. The van der Waals surface area contributed by atoms with Gasteiger partial charge in [0, 0.05) is 12.7 Å². The van der Waals surface area contributed by atoms with Crippen LogP contribution in [0.5, 0.6) is 5.75 Å². The first-order valence-electron chi connectivity index (χ1n) is 9.44. The molecule has 2 aromatic rings. The fourth-order valence-electron chi connectivity index (χ4n) is 2.50. The number of carbonyl (C=O) groups excluding carboxylic acids is 3. The fraction of sp³-hybridized carbons (Fsp3) is 0.318. The van der Waals surface area contributed by atoms with Crippen LogP contribution in [0.4, 0.5) is 11.4 Å². The zero-order valence-corrected chi connectivity index (χ0v) is 17.6. The van der Waals surface area contributed by atoms with Crippen molar-refractivity contribution in [2.45, 2.75) is 26.4 Å². The number of likely N-dealkylation sites (N-methyl/N-ethyl adjacent to an activating group) is 1. The van der Waals surface area contributed by atoms with Gasteiger partial charge in [-0.2, -0.15) is 0 Å². The summed E-state index contributed by atoms with van der Waals surface area (Å²) >= 11 is 0. The number of nitrogens with one attached hydrogen (secondary N) is 1. The summed E-state index contributed by atoms with van der Waals surface area (Å²) in [5.41, 5.74) is 0.521. The number of anilines is 2. The first-order chi connectivity index (χ1) is 14.2. The lowest BCUT2D eigenvalue weighted by Crippen LogP contribution is -2.38. The van der Waals surface area contributed by atoms with E-state index >= 15 is 0 Å². The van der Waals surface area contributed by atoms with Gasteiger partial charge in [-0.05, 0) is 45.0 Å². The van der Waals surface area contributed by atoms with Crippen molar-refractivity contribution in [3.05, 3.63) is 54.6 Å². The summed E-state index contributed by atoms with van der Waals surface area (Å²) in [5, 5.41) is 3.60. The molecular formula is C22H27N3O5. The molecule has 3 amide bonds. The average molecular weight is 413 g/mol. The van der Waals surface area contributed by atoms with Gasteiger partial charge in [0.2, 0.25) is 12.3 Å². The molecule has 0 saturated carbocycles. The number of para-hydroxylation sites is 3. The maximum absolute atomic E-state index is 12.4. The normalized spacial score (nSPS) is 10.8. The van der Waals surface area contributed by atoms with Crippen LogP contribution in [-0.2, 0) is 19.2 Å². The minimum atomic E-state index is -0.618. The lowest BCUT2D eigenvalue weighted by atomic mass is 10.2. The van der Waals surface area contributed by atoms with Gasteiger partial charge in [-0.25, -0.2) is 5.06 Å². The van der Waals surface area contributed by atoms with Gasteiger partial charge in [0.25, 0.3) is 5.91 Å². The SMILES string of the molecule is CN(C(=O)COc1ccccc1NC(=O)CN(C=O)OC(C)(C)C)c1ccccc1. The van der Waals surface area contributed by atoms with Crippen molar-refractivity contribution >= 4 is 29.6 Å². The molecule has 160 valence electrons. The summed E-state index contributed by atoms with van der Waals surface area (Å²) in [5.74, 6) is -0.363. The van der Waals surface area contributed by atoms with Gasteiger partial charge in [-0.15, -0.1) is 0 Å². The Hall–Kier alpha value is -3.39. The predicted octanol–water partition coefficient (Wildman–Crippen LogP) is 2.86. The predicted molar refractivity (Wildman–Crippen MR) is 114 cm³/mol.